The molecule has 1 fully saturated rings. The Morgan fingerprint density at radius 3 is 2.18 bits per heavy atom. The number of aryl methyl sites for hydroxylation is 1. The molecule has 49 heavy (non-hydrogen) atoms. The number of carbonyl (C=O) groups is 2. The lowest BCUT2D eigenvalue weighted by molar-refractivity contribution is -0.140. The van der Waals surface area contributed by atoms with Crippen molar-refractivity contribution in [1.29, 1.82) is 0 Å². The predicted octanol–water partition coefficient (Wildman–Crippen LogP) is 7.81. The number of nitrogens with zero attached hydrogens (tertiary/aromatic N) is 2. The van der Waals surface area contributed by atoms with Crippen molar-refractivity contribution in [3.05, 3.63) is 123 Å². The molecule has 1 atom stereocenters. The van der Waals surface area contributed by atoms with E-state index in [1.54, 1.807) is 18.2 Å². The molecule has 4 aromatic rings. The number of anilines is 1. The van der Waals surface area contributed by atoms with Gasteiger partial charge in [-0.25, -0.2) is 8.42 Å². The number of amides is 2. The largest absolute Gasteiger partial charge is 0.496 e. The molecule has 5 rings (SSSR count). The van der Waals surface area contributed by atoms with E-state index in [9.17, 15) is 18.0 Å². The van der Waals surface area contributed by atoms with E-state index in [4.69, 9.17) is 4.74 Å². The molecule has 1 aliphatic rings. The zero-order valence-corrected chi connectivity index (χ0v) is 31.6. The van der Waals surface area contributed by atoms with E-state index >= 15 is 0 Å². The fourth-order valence-electron chi connectivity index (χ4n) is 6.06. The van der Waals surface area contributed by atoms with Crippen LogP contribution in [-0.4, -0.2) is 50.9 Å². The predicted molar refractivity (Wildman–Crippen MR) is 200 cm³/mol. The van der Waals surface area contributed by atoms with Gasteiger partial charge in [0.05, 0.1) is 22.2 Å². The van der Waals surface area contributed by atoms with E-state index in [1.165, 1.54) is 24.1 Å². The van der Waals surface area contributed by atoms with Crippen molar-refractivity contribution in [2.24, 2.45) is 0 Å². The third-order valence-corrected chi connectivity index (χ3v) is 11.7. The summed E-state index contributed by atoms with van der Waals surface area (Å²) in [5, 5.41) is 3.24. The minimum Gasteiger partial charge on any atom is -0.496 e. The summed E-state index contributed by atoms with van der Waals surface area (Å²) in [5.74, 6) is -0.269. The molecular weight excluding hydrogens is 770 g/mol. The van der Waals surface area contributed by atoms with Gasteiger partial charge in [0.15, 0.2) is 0 Å². The van der Waals surface area contributed by atoms with Crippen molar-refractivity contribution in [3.8, 4) is 5.75 Å². The molecule has 0 saturated heterocycles. The molecule has 0 spiro atoms. The third kappa shape index (κ3) is 9.52. The monoisotopic (exact) mass is 809 g/mol. The molecular formula is C38H41Br2N3O5S. The summed E-state index contributed by atoms with van der Waals surface area (Å²) in [6.45, 7) is 1.50. The van der Waals surface area contributed by atoms with Gasteiger partial charge in [-0.05, 0) is 89.3 Å². The molecule has 258 valence electrons. The summed E-state index contributed by atoms with van der Waals surface area (Å²) in [6.07, 6.45) is 5.27. The van der Waals surface area contributed by atoms with Crippen LogP contribution in [0, 0.1) is 6.92 Å². The Morgan fingerprint density at radius 2 is 1.55 bits per heavy atom. The van der Waals surface area contributed by atoms with Crippen LogP contribution in [0.2, 0.25) is 0 Å². The van der Waals surface area contributed by atoms with Gasteiger partial charge >= 0.3 is 0 Å². The van der Waals surface area contributed by atoms with Gasteiger partial charge in [0.2, 0.25) is 11.8 Å². The van der Waals surface area contributed by atoms with Crippen LogP contribution < -0.4 is 14.4 Å². The van der Waals surface area contributed by atoms with Crippen LogP contribution in [0.25, 0.3) is 0 Å². The van der Waals surface area contributed by atoms with Crippen molar-refractivity contribution in [1.82, 2.24) is 10.2 Å². The highest BCUT2D eigenvalue weighted by Crippen LogP contribution is 2.31. The summed E-state index contributed by atoms with van der Waals surface area (Å²) < 4.78 is 36.6. The number of nitrogens with one attached hydrogen (secondary N) is 1. The Balaban J connectivity index is 1.57. The molecule has 1 aliphatic carbocycles. The molecule has 0 aromatic heterocycles. The van der Waals surface area contributed by atoms with Crippen molar-refractivity contribution >= 4 is 59.4 Å². The quantitative estimate of drug-likeness (QED) is 0.149. The zero-order chi connectivity index (χ0) is 35.0. The second kappa shape index (κ2) is 16.8. The maximum Gasteiger partial charge on any atom is 0.264 e. The maximum absolute atomic E-state index is 14.7. The highest BCUT2D eigenvalue weighted by molar-refractivity contribution is 9.10. The molecule has 4 aromatic carbocycles. The SMILES string of the molecule is COc1ccc(S(=O)(=O)N(CC(=O)N(Cc2ccc(Br)cc2)C(Cc2ccccc2)C(=O)NC2CCCCC2)c2ccc(C)cc2)cc1Br. The van der Waals surface area contributed by atoms with E-state index in [-0.39, 0.29) is 29.8 Å². The number of halogens is 2. The van der Waals surface area contributed by atoms with Crippen LogP contribution in [0.4, 0.5) is 5.69 Å². The lowest BCUT2D eigenvalue weighted by atomic mass is 9.94. The molecule has 2 amide bonds. The first-order chi connectivity index (χ1) is 23.5. The highest BCUT2D eigenvalue weighted by atomic mass is 79.9. The number of sulfonamides is 1. The Hall–Kier alpha value is -3.67. The highest BCUT2D eigenvalue weighted by Gasteiger charge is 2.35. The normalized spacial score (nSPS) is 14.1. The first-order valence-corrected chi connectivity index (χ1v) is 19.4. The Kier molecular flexibility index (Phi) is 12.6. The number of benzene rings is 4. The summed E-state index contributed by atoms with van der Waals surface area (Å²) in [5.41, 5.74) is 2.98. The fourth-order valence-corrected chi connectivity index (χ4v) is 8.46. The summed E-state index contributed by atoms with van der Waals surface area (Å²) >= 11 is 6.89. The van der Waals surface area contributed by atoms with Gasteiger partial charge in [0, 0.05) is 23.5 Å². The number of hydrogen-bond acceptors (Lipinski definition) is 5. The van der Waals surface area contributed by atoms with Gasteiger partial charge in [-0.3, -0.25) is 13.9 Å². The van der Waals surface area contributed by atoms with Crippen LogP contribution in [-0.2, 0) is 32.6 Å². The van der Waals surface area contributed by atoms with Gasteiger partial charge in [-0.1, -0.05) is 95.4 Å². The minimum atomic E-state index is -4.26. The molecule has 1 unspecified atom stereocenters. The van der Waals surface area contributed by atoms with E-state index < -0.39 is 28.5 Å². The first kappa shape index (κ1) is 36.6. The fraction of sp³-hybridized carbons (Fsp3) is 0.316. The third-order valence-electron chi connectivity index (χ3n) is 8.80. The van der Waals surface area contributed by atoms with Crippen LogP contribution in [0.15, 0.2) is 111 Å². The Bertz CT molecular complexity index is 1830. The Labute approximate surface area is 306 Å². The molecule has 11 heteroatoms. The molecule has 0 radical (unpaired) electrons. The number of hydrogen-bond donors (Lipinski definition) is 1. The van der Waals surface area contributed by atoms with Crippen molar-refractivity contribution in [3.63, 3.8) is 0 Å². The van der Waals surface area contributed by atoms with Crippen LogP contribution in [0.3, 0.4) is 0 Å². The average Bonchev–Trinajstić information content (AvgIpc) is 3.10. The van der Waals surface area contributed by atoms with Crippen LogP contribution in [0.5, 0.6) is 5.75 Å². The number of rotatable bonds is 13. The first-order valence-electron chi connectivity index (χ1n) is 16.4. The number of ether oxygens (including phenoxy) is 1. The topological polar surface area (TPSA) is 96.0 Å². The molecule has 0 bridgehead atoms. The van der Waals surface area contributed by atoms with Gasteiger partial charge < -0.3 is 15.0 Å². The maximum atomic E-state index is 14.7. The van der Waals surface area contributed by atoms with Gasteiger partial charge in [-0.15, -0.1) is 0 Å². The lowest BCUT2D eigenvalue weighted by Crippen LogP contribution is -2.55. The lowest BCUT2D eigenvalue weighted by Gasteiger charge is -2.35. The van der Waals surface area contributed by atoms with E-state index in [2.05, 4.69) is 37.2 Å². The van der Waals surface area contributed by atoms with E-state index in [0.717, 1.165) is 57.6 Å². The summed E-state index contributed by atoms with van der Waals surface area (Å²) in [6, 6.07) is 27.8. The van der Waals surface area contributed by atoms with E-state index in [1.807, 2.05) is 73.7 Å². The standard InChI is InChI=1S/C38H41Br2N3O5S/c1-27-13-19-32(20-14-27)43(49(46,47)33-21-22-36(48-2)34(40)24-33)26-37(44)42(25-29-15-17-30(39)18-16-29)35(23-28-9-5-3-6-10-28)38(45)41-31-11-7-4-8-12-31/h3,5-6,9-10,13-22,24,31,35H,4,7-8,11-12,23,25-26H2,1-2H3,(H,41,45). The van der Waals surface area contributed by atoms with Crippen molar-refractivity contribution in [2.75, 3.05) is 18.0 Å². The molecule has 8 nitrogen and oxygen atoms in total. The summed E-state index contributed by atoms with van der Waals surface area (Å²) in [7, 11) is -2.75. The number of carbonyl (C=O) groups excluding carboxylic acids is 2. The van der Waals surface area contributed by atoms with Crippen LogP contribution in [0.1, 0.15) is 48.8 Å². The molecule has 1 N–H and O–H groups in total. The average molecular weight is 812 g/mol. The Morgan fingerprint density at radius 1 is 0.878 bits per heavy atom. The number of methoxy groups -OCH3 is 1. The van der Waals surface area contributed by atoms with Gasteiger partial charge in [0.25, 0.3) is 10.0 Å². The molecule has 1 saturated carbocycles. The smallest absolute Gasteiger partial charge is 0.264 e. The van der Waals surface area contributed by atoms with Crippen LogP contribution >= 0.6 is 31.9 Å². The van der Waals surface area contributed by atoms with Gasteiger partial charge in [-0.2, -0.15) is 0 Å². The summed E-state index contributed by atoms with van der Waals surface area (Å²) in [4.78, 5) is 30.5. The van der Waals surface area contributed by atoms with E-state index in [0.29, 0.717) is 15.9 Å². The van der Waals surface area contributed by atoms with Crippen molar-refractivity contribution in [2.45, 2.75) is 69.0 Å². The molecule has 0 aliphatic heterocycles. The zero-order valence-electron chi connectivity index (χ0n) is 27.6. The minimum absolute atomic E-state index is 0.0103. The second-order valence-corrected chi connectivity index (χ2v) is 16.0. The second-order valence-electron chi connectivity index (χ2n) is 12.3. The molecule has 0 heterocycles. The van der Waals surface area contributed by atoms with Gasteiger partial charge in [0.1, 0.15) is 18.3 Å². The van der Waals surface area contributed by atoms with Crippen molar-refractivity contribution < 1.29 is 22.7 Å².